The molecule has 0 radical (unpaired) electrons. The Bertz CT molecular complexity index is 342. The van der Waals surface area contributed by atoms with E-state index in [9.17, 15) is 0 Å². The molecular formula is C15H23ClO2. The molecule has 1 aromatic rings. The number of aryl methyl sites for hydroxylation is 1. The van der Waals surface area contributed by atoms with Crippen molar-refractivity contribution in [2.45, 2.75) is 44.3 Å². The molecule has 2 nitrogen and oxygen atoms in total. The van der Waals surface area contributed by atoms with E-state index in [0.29, 0.717) is 0 Å². The molecule has 0 aliphatic heterocycles. The summed E-state index contributed by atoms with van der Waals surface area (Å²) in [7, 11) is 3.24. The highest BCUT2D eigenvalue weighted by molar-refractivity contribution is 6.21. The molecule has 102 valence electrons. The molecule has 0 aliphatic rings. The molecule has 0 heterocycles. The molecule has 1 rings (SSSR count). The Hall–Kier alpha value is -0.570. The van der Waals surface area contributed by atoms with E-state index in [2.05, 4.69) is 19.1 Å². The molecule has 0 amide bonds. The molecular weight excluding hydrogens is 248 g/mol. The van der Waals surface area contributed by atoms with Gasteiger partial charge < -0.3 is 9.47 Å². The zero-order valence-electron chi connectivity index (χ0n) is 11.7. The molecule has 3 heteroatoms. The highest BCUT2D eigenvalue weighted by Gasteiger charge is 2.37. The van der Waals surface area contributed by atoms with E-state index in [1.807, 2.05) is 19.1 Å². The summed E-state index contributed by atoms with van der Waals surface area (Å²) in [5.41, 5.74) is 2.29. The maximum Gasteiger partial charge on any atom is 0.210 e. The average molecular weight is 271 g/mol. The van der Waals surface area contributed by atoms with Crippen LogP contribution >= 0.6 is 11.6 Å². The third-order valence-corrected chi connectivity index (χ3v) is 3.59. The van der Waals surface area contributed by atoms with Crippen LogP contribution < -0.4 is 0 Å². The van der Waals surface area contributed by atoms with Crippen molar-refractivity contribution in [2.24, 2.45) is 0 Å². The standard InChI is InChI=1S/C15H23ClO2/c1-5-6-7-13-8-10-14(11-9-13)15(17-3,18-4)12(2)16/h8-12H,5-7H2,1-4H3/t12-/m0/s1. The Morgan fingerprint density at radius 2 is 1.72 bits per heavy atom. The Morgan fingerprint density at radius 3 is 2.11 bits per heavy atom. The fraction of sp³-hybridized carbons (Fsp3) is 0.600. The Balaban J connectivity index is 2.94. The summed E-state index contributed by atoms with van der Waals surface area (Å²) in [6.45, 7) is 4.07. The van der Waals surface area contributed by atoms with Crippen LogP contribution in [0.25, 0.3) is 0 Å². The lowest BCUT2D eigenvalue weighted by molar-refractivity contribution is -0.214. The van der Waals surface area contributed by atoms with Crippen LogP contribution in [0.2, 0.25) is 0 Å². The van der Waals surface area contributed by atoms with Crippen molar-refractivity contribution in [3.05, 3.63) is 35.4 Å². The van der Waals surface area contributed by atoms with Gasteiger partial charge in [0.1, 0.15) is 0 Å². The maximum atomic E-state index is 6.21. The van der Waals surface area contributed by atoms with E-state index in [4.69, 9.17) is 21.1 Å². The van der Waals surface area contributed by atoms with Crippen LogP contribution in [0.1, 0.15) is 37.8 Å². The van der Waals surface area contributed by atoms with Crippen molar-refractivity contribution in [1.82, 2.24) is 0 Å². The zero-order chi connectivity index (χ0) is 13.6. The number of ether oxygens (including phenoxy) is 2. The Labute approximate surface area is 115 Å². The third kappa shape index (κ3) is 3.25. The van der Waals surface area contributed by atoms with Gasteiger partial charge in [-0.15, -0.1) is 11.6 Å². The molecule has 0 fully saturated rings. The first-order chi connectivity index (χ1) is 8.60. The predicted octanol–water partition coefficient (Wildman–Crippen LogP) is 4.10. The number of hydrogen-bond donors (Lipinski definition) is 0. The van der Waals surface area contributed by atoms with Crippen LogP contribution in [0.5, 0.6) is 0 Å². The van der Waals surface area contributed by atoms with Gasteiger partial charge in [-0.1, -0.05) is 37.6 Å². The second kappa shape index (κ2) is 7.13. The van der Waals surface area contributed by atoms with Crippen LogP contribution in [-0.4, -0.2) is 19.6 Å². The van der Waals surface area contributed by atoms with Gasteiger partial charge in [-0.3, -0.25) is 0 Å². The van der Waals surface area contributed by atoms with Gasteiger partial charge in [0.2, 0.25) is 5.79 Å². The highest BCUT2D eigenvalue weighted by atomic mass is 35.5. The van der Waals surface area contributed by atoms with Gasteiger partial charge in [0.05, 0.1) is 5.38 Å². The SMILES string of the molecule is CCCCc1ccc(C(OC)(OC)[C@H](C)Cl)cc1. The number of benzene rings is 1. The minimum absolute atomic E-state index is 0.269. The number of hydrogen-bond acceptors (Lipinski definition) is 2. The van der Waals surface area contributed by atoms with Crippen LogP contribution in [0.3, 0.4) is 0 Å². The summed E-state index contributed by atoms with van der Waals surface area (Å²) in [5, 5.41) is -0.269. The molecule has 1 aromatic carbocycles. The lowest BCUT2D eigenvalue weighted by atomic mass is 9.99. The second-order valence-corrected chi connectivity index (χ2v) is 5.15. The quantitative estimate of drug-likeness (QED) is 0.549. The summed E-state index contributed by atoms with van der Waals surface area (Å²) < 4.78 is 11.0. The number of halogens is 1. The largest absolute Gasteiger partial charge is 0.348 e. The predicted molar refractivity (Wildman–Crippen MR) is 76.1 cm³/mol. The fourth-order valence-electron chi connectivity index (χ4n) is 2.16. The summed E-state index contributed by atoms with van der Waals surface area (Å²) in [5.74, 6) is -0.870. The Kier molecular flexibility index (Phi) is 6.13. The molecule has 0 spiro atoms. The highest BCUT2D eigenvalue weighted by Crippen LogP contribution is 2.33. The average Bonchev–Trinajstić information content (AvgIpc) is 2.39. The van der Waals surface area contributed by atoms with Gasteiger partial charge in [0.15, 0.2) is 0 Å². The maximum absolute atomic E-state index is 6.21. The van der Waals surface area contributed by atoms with Crippen LogP contribution in [0.4, 0.5) is 0 Å². The lowest BCUT2D eigenvalue weighted by Gasteiger charge is -2.33. The number of alkyl halides is 1. The van der Waals surface area contributed by atoms with Crippen molar-refractivity contribution in [3.63, 3.8) is 0 Å². The van der Waals surface area contributed by atoms with Gasteiger partial charge in [-0.05, 0) is 25.3 Å². The van der Waals surface area contributed by atoms with Crippen LogP contribution in [0.15, 0.2) is 24.3 Å². The Morgan fingerprint density at radius 1 is 1.17 bits per heavy atom. The van der Waals surface area contributed by atoms with E-state index in [-0.39, 0.29) is 5.38 Å². The van der Waals surface area contributed by atoms with Gasteiger partial charge in [0, 0.05) is 19.8 Å². The van der Waals surface area contributed by atoms with Gasteiger partial charge in [-0.25, -0.2) is 0 Å². The smallest absolute Gasteiger partial charge is 0.210 e. The molecule has 0 aliphatic carbocycles. The molecule has 18 heavy (non-hydrogen) atoms. The summed E-state index contributed by atoms with van der Waals surface area (Å²) in [6.07, 6.45) is 3.53. The molecule has 0 saturated carbocycles. The molecule has 0 aromatic heterocycles. The topological polar surface area (TPSA) is 18.5 Å². The lowest BCUT2D eigenvalue weighted by Crippen LogP contribution is -2.38. The first kappa shape index (κ1) is 15.5. The van der Waals surface area contributed by atoms with Gasteiger partial charge in [0.25, 0.3) is 0 Å². The number of methoxy groups -OCH3 is 2. The monoisotopic (exact) mass is 270 g/mol. The summed E-state index contributed by atoms with van der Waals surface area (Å²) in [6, 6.07) is 8.32. The minimum Gasteiger partial charge on any atom is -0.348 e. The van der Waals surface area contributed by atoms with Crippen molar-refractivity contribution >= 4 is 11.6 Å². The molecule has 0 unspecified atom stereocenters. The van der Waals surface area contributed by atoms with Crippen molar-refractivity contribution in [3.8, 4) is 0 Å². The van der Waals surface area contributed by atoms with E-state index in [0.717, 1.165) is 12.0 Å². The molecule has 0 N–H and O–H groups in total. The van der Waals surface area contributed by atoms with Crippen LogP contribution in [-0.2, 0) is 21.7 Å². The van der Waals surface area contributed by atoms with E-state index in [1.165, 1.54) is 18.4 Å². The fourth-order valence-corrected chi connectivity index (χ4v) is 2.46. The van der Waals surface area contributed by atoms with Crippen molar-refractivity contribution < 1.29 is 9.47 Å². The van der Waals surface area contributed by atoms with Gasteiger partial charge in [-0.2, -0.15) is 0 Å². The second-order valence-electron chi connectivity index (χ2n) is 4.49. The first-order valence-electron chi connectivity index (χ1n) is 6.44. The van der Waals surface area contributed by atoms with E-state index in [1.54, 1.807) is 14.2 Å². The minimum atomic E-state index is -0.870. The van der Waals surface area contributed by atoms with E-state index >= 15 is 0 Å². The number of unbranched alkanes of at least 4 members (excludes halogenated alkanes) is 1. The summed E-state index contributed by atoms with van der Waals surface area (Å²) in [4.78, 5) is 0. The van der Waals surface area contributed by atoms with Crippen LogP contribution in [0, 0.1) is 0 Å². The summed E-state index contributed by atoms with van der Waals surface area (Å²) >= 11 is 6.21. The van der Waals surface area contributed by atoms with Crippen molar-refractivity contribution in [1.29, 1.82) is 0 Å². The molecule has 0 saturated heterocycles. The third-order valence-electron chi connectivity index (χ3n) is 3.31. The number of rotatable bonds is 7. The van der Waals surface area contributed by atoms with E-state index < -0.39 is 5.79 Å². The first-order valence-corrected chi connectivity index (χ1v) is 6.88. The van der Waals surface area contributed by atoms with Gasteiger partial charge >= 0.3 is 0 Å². The van der Waals surface area contributed by atoms with Crippen molar-refractivity contribution in [2.75, 3.05) is 14.2 Å². The normalized spacial score (nSPS) is 13.6. The molecule has 0 bridgehead atoms. The molecule has 1 atom stereocenters. The zero-order valence-corrected chi connectivity index (χ0v) is 12.5.